The van der Waals surface area contributed by atoms with Gasteiger partial charge in [0.1, 0.15) is 17.6 Å². The minimum Gasteiger partial charge on any atom is -0.480 e. The largest absolute Gasteiger partial charge is 0.480 e. The Kier molecular flexibility index (Phi) is 17.8. The molecule has 2 aromatic carbocycles. The molecule has 388 valence electrons. The van der Waals surface area contributed by atoms with Crippen LogP contribution in [0.3, 0.4) is 0 Å². The summed E-state index contributed by atoms with van der Waals surface area (Å²) >= 11 is 0. The van der Waals surface area contributed by atoms with E-state index >= 15 is 0 Å². The zero-order valence-corrected chi connectivity index (χ0v) is 41.9. The van der Waals surface area contributed by atoms with Gasteiger partial charge in [-0.25, -0.2) is 24.7 Å². The van der Waals surface area contributed by atoms with Gasteiger partial charge in [-0.3, -0.25) is 38.5 Å². The molecule has 0 saturated carbocycles. The number of aliphatic carboxylic acids is 1. The van der Waals surface area contributed by atoms with Gasteiger partial charge in [0.05, 0.1) is 24.5 Å². The molecule has 0 saturated heterocycles. The SMILES string of the molecule is Cc1nc(N)c2nc(CN3CCCc4cc(C(=O)N[C@@H](CCCCC(=O)c5ccc(CC(=O)[C@H](C)NC(=O)[C@@H](CC(=O)CCCCCN6C(=O)C=CC6=O)C(C)C)cc5-c5nn[nH]n5)C(=O)O)ccc43)cnc2n1. The number of ketones is 3. The van der Waals surface area contributed by atoms with Gasteiger partial charge in [0.2, 0.25) is 11.7 Å². The second kappa shape index (κ2) is 24.5. The standard InChI is InChI=1S/C52H61N13O9/c1-29(2)38(26-36(66)12-6-5-9-22-65-44(69)19-20-45(65)70)51(72)55-30(3)43(68)24-32-15-17-37(39(23-32)48-60-62-63-61-48)42(67)14-8-7-13-40(52(73)74)59-50(71)34-16-18-41-33(25-34)11-10-21-64(41)28-35-27-54-49-46(58-35)47(53)56-31(4)57-49/h15-20,23,25,27,29-30,38,40H,5-14,21-22,24,26,28H2,1-4H3,(H,55,72)(H,59,71)(H,73,74)(H2,53,54,56,57)(H,60,61,62,63)/t30-,38-,40-/m0/s1. The number of nitrogens with two attached hydrogens (primary N) is 1. The van der Waals surface area contributed by atoms with Crippen molar-refractivity contribution >= 4 is 69.6 Å². The first-order valence-corrected chi connectivity index (χ1v) is 24.9. The van der Waals surface area contributed by atoms with Gasteiger partial charge >= 0.3 is 5.97 Å². The molecule has 0 fully saturated rings. The number of nitrogens with one attached hydrogen (secondary N) is 3. The van der Waals surface area contributed by atoms with E-state index in [4.69, 9.17) is 5.73 Å². The highest BCUT2D eigenvalue weighted by atomic mass is 16.4. The summed E-state index contributed by atoms with van der Waals surface area (Å²) in [5.41, 5.74) is 11.0. The molecule has 0 aliphatic carbocycles. The first kappa shape index (κ1) is 53.6. The summed E-state index contributed by atoms with van der Waals surface area (Å²) in [7, 11) is 0. The molecule has 3 aromatic heterocycles. The number of fused-ring (bicyclic) bond motifs is 2. The van der Waals surface area contributed by atoms with E-state index in [1.54, 1.807) is 50.4 Å². The number of carbonyl (C=O) groups excluding carboxylic acids is 7. The van der Waals surface area contributed by atoms with E-state index in [9.17, 15) is 43.5 Å². The van der Waals surface area contributed by atoms with Crippen molar-refractivity contribution < 1.29 is 43.5 Å². The van der Waals surface area contributed by atoms with Crippen molar-refractivity contribution in [3.63, 3.8) is 0 Å². The lowest BCUT2D eigenvalue weighted by Crippen LogP contribution is -2.44. The highest BCUT2D eigenvalue weighted by molar-refractivity contribution is 6.12. The van der Waals surface area contributed by atoms with E-state index in [-0.39, 0.29) is 90.9 Å². The Labute approximate surface area is 426 Å². The molecule has 0 radical (unpaired) electrons. The van der Waals surface area contributed by atoms with Crippen LogP contribution in [0.25, 0.3) is 22.6 Å². The number of hydrogen-bond donors (Lipinski definition) is 5. The molecule has 6 N–H and O–H groups in total. The molecule has 74 heavy (non-hydrogen) atoms. The molecule has 0 spiro atoms. The van der Waals surface area contributed by atoms with Gasteiger partial charge in [0.15, 0.2) is 28.5 Å². The lowest BCUT2D eigenvalue weighted by molar-refractivity contribution is -0.139. The molecule has 2 aliphatic heterocycles. The molecule has 3 atom stereocenters. The minimum atomic E-state index is -1.21. The number of tetrazole rings is 1. The van der Waals surface area contributed by atoms with Crippen molar-refractivity contribution in [3.8, 4) is 11.4 Å². The first-order valence-electron chi connectivity index (χ1n) is 24.9. The maximum absolute atomic E-state index is 13.7. The molecular formula is C52H61N13O9. The van der Waals surface area contributed by atoms with E-state index in [0.717, 1.165) is 35.5 Å². The summed E-state index contributed by atoms with van der Waals surface area (Å²) < 4.78 is 0. The highest BCUT2D eigenvalue weighted by Crippen LogP contribution is 2.30. The van der Waals surface area contributed by atoms with Gasteiger partial charge < -0.3 is 26.4 Å². The highest BCUT2D eigenvalue weighted by Gasteiger charge is 2.29. The van der Waals surface area contributed by atoms with Crippen LogP contribution < -0.4 is 21.3 Å². The van der Waals surface area contributed by atoms with Crippen LogP contribution in [0.2, 0.25) is 0 Å². The second-order valence-electron chi connectivity index (χ2n) is 19.1. The lowest BCUT2D eigenvalue weighted by Gasteiger charge is -2.31. The van der Waals surface area contributed by atoms with E-state index < -0.39 is 35.8 Å². The number of carbonyl (C=O) groups is 8. The molecule has 5 aromatic rings. The monoisotopic (exact) mass is 1010 g/mol. The summed E-state index contributed by atoms with van der Waals surface area (Å²) in [5, 5.41) is 29.7. The number of aromatic amines is 1. The van der Waals surface area contributed by atoms with Crippen LogP contribution in [0, 0.1) is 18.8 Å². The molecule has 4 amide bonds. The number of unbranched alkanes of at least 4 members (excludes halogenated alkanes) is 3. The van der Waals surface area contributed by atoms with Crippen molar-refractivity contribution in [3.05, 3.63) is 88.5 Å². The van der Waals surface area contributed by atoms with Crippen molar-refractivity contribution in [2.45, 2.75) is 123 Å². The number of aromatic nitrogens is 8. The Morgan fingerprint density at radius 1 is 0.892 bits per heavy atom. The zero-order chi connectivity index (χ0) is 53.1. The van der Waals surface area contributed by atoms with Crippen LogP contribution in [0.4, 0.5) is 11.5 Å². The number of aryl methyl sites for hydroxylation is 2. The smallest absolute Gasteiger partial charge is 0.326 e. The number of nitrogen functional groups attached to an aromatic ring is 1. The first-order chi connectivity index (χ1) is 35.4. The van der Waals surface area contributed by atoms with Crippen molar-refractivity contribution in [1.29, 1.82) is 0 Å². The van der Waals surface area contributed by atoms with Crippen LogP contribution in [-0.2, 0) is 48.2 Å². The summed E-state index contributed by atoms with van der Waals surface area (Å²) in [6.45, 7) is 8.46. The van der Waals surface area contributed by atoms with E-state index in [1.165, 1.54) is 12.2 Å². The van der Waals surface area contributed by atoms with Crippen LogP contribution in [0.1, 0.15) is 128 Å². The number of Topliss-reactive ketones (excluding diaryl/α,β-unsaturated/α-hetero) is 3. The van der Waals surface area contributed by atoms with Gasteiger partial charge in [-0.05, 0) is 98.9 Å². The molecule has 22 heteroatoms. The summed E-state index contributed by atoms with van der Waals surface area (Å²) in [6, 6.07) is 8.03. The molecular weight excluding hydrogens is 951 g/mol. The number of H-pyrrole nitrogens is 1. The predicted octanol–water partition coefficient (Wildman–Crippen LogP) is 4.40. The van der Waals surface area contributed by atoms with Crippen LogP contribution in [-0.4, -0.2) is 123 Å². The Morgan fingerprint density at radius 3 is 2.39 bits per heavy atom. The van der Waals surface area contributed by atoms with Crippen molar-refractivity contribution in [2.24, 2.45) is 11.8 Å². The third-order valence-electron chi connectivity index (χ3n) is 13.3. The number of benzene rings is 2. The van der Waals surface area contributed by atoms with E-state index in [2.05, 4.69) is 56.1 Å². The minimum absolute atomic E-state index is 0.00795. The summed E-state index contributed by atoms with van der Waals surface area (Å²) in [6.07, 6.45) is 8.32. The number of rotatable bonds is 26. The Morgan fingerprint density at radius 2 is 1.66 bits per heavy atom. The number of carboxylic acid groups (broad SMARTS) is 1. The maximum Gasteiger partial charge on any atom is 0.326 e. The molecule has 2 aliphatic rings. The Hall–Kier alpha value is -8.17. The molecule has 22 nitrogen and oxygen atoms in total. The second-order valence-corrected chi connectivity index (χ2v) is 19.1. The lowest BCUT2D eigenvalue weighted by atomic mass is 9.88. The number of nitrogens with zero attached hydrogens (tertiary/aromatic N) is 9. The fraction of sp³-hybridized carbons (Fsp3) is 0.442. The van der Waals surface area contributed by atoms with Crippen LogP contribution in [0.5, 0.6) is 0 Å². The van der Waals surface area contributed by atoms with E-state index in [0.29, 0.717) is 78.0 Å². The average Bonchev–Trinajstić information content (AvgIpc) is 4.03. The van der Waals surface area contributed by atoms with Gasteiger partial charge in [0, 0.05) is 79.2 Å². The van der Waals surface area contributed by atoms with Crippen molar-refractivity contribution in [1.82, 2.24) is 56.1 Å². The molecule has 0 bridgehead atoms. The van der Waals surface area contributed by atoms with Gasteiger partial charge in [-0.2, -0.15) is 5.21 Å². The van der Waals surface area contributed by atoms with Gasteiger partial charge in [-0.1, -0.05) is 38.8 Å². The third kappa shape index (κ3) is 13.7. The van der Waals surface area contributed by atoms with Crippen LogP contribution in [0.15, 0.2) is 54.7 Å². The number of anilines is 2. The summed E-state index contributed by atoms with van der Waals surface area (Å²) in [4.78, 5) is 124. The fourth-order valence-corrected chi connectivity index (χ4v) is 9.16. The predicted molar refractivity (Wildman–Crippen MR) is 270 cm³/mol. The normalized spacial score (nSPS) is 14.5. The van der Waals surface area contributed by atoms with Crippen molar-refractivity contribution in [2.75, 3.05) is 23.7 Å². The Balaban J connectivity index is 0.881. The quantitative estimate of drug-likeness (QED) is 0.0291. The third-order valence-corrected chi connectivity index (χ3v) is 13.3. The molecule has 0 unspecified atom stereocenters. The topological polar surface area (TPSA) is 319 Å². The van der Waals surface area contributed by atoms with Crippen LogP contribution >= 0.6 is 0 Å². The maximum atomic E-state index is 13.7. The van der Waals surface area contributed by atoms with Gasteiger partial charge in [0.25, 0.3) is 17.7 Å². The van der Waals surface area contributed by atoms with Gasteiger partial charge in [-0.15, -0.1) is 10.2 Å². The number of hydrogen-bond acceptors (Lipinski definition) is 17. The molecule has 5 heterocycles. The fourth-order valence-electron chi connectivity index (χ4n) is 9.16. The Bertz CT molecular complexity index is 2960. The summed E-state index contributed by atoms with van der Waals surface area (Å²) in [5.74, 6) is -3.46. The number of carboxylic acids is 1. The van der Waals surface area contributed by atoms with E-state index in [1.807, 2.05) is 19.9 Å². The number of amides is 4. The average molecular weight is 1010 g/mol. The molecule has 7 rings (SSSR count). The zero-order valence-electron chi connectivity index (χ0n) is 41.9. The number of imide groups is 1.